The van der Waals surface area contributed by atoms with Crippen molar-refractivity contribution >= 4 is 29.3 Å². The van der Waals surface area contributed by atoms with Gasteiger partial charge in [-0.3, -0.25) is 0 Å². The molecule has 7 heteroatoms. The predicted molar refractivity (Wildman–Crippen MR) is 72.0 cm³/mol. The van der Waals surface area contributed by atoms with Crippen molar-refractivity contribution < 1.29 is 9.90 Å². The van der Waals surface area contributed by atoms with Crippen molar-refractivity contribution in [3.8, 4) is 0 Å². The maximum Gasteiger partial charge on any atom is 0.338 e. The summed E-state index contributed by atoms with van der Waals surface area (Å²) in [7, 11) is 0. The number of carbonyl (C=O) groups is 1. The number of nitrogens with zero attached hydrogens (tertiary/aromatic N) is 3. The molecule has 3 rings (SSSR count). The Hall–Kier alpha value is -1.47. The molecule has 0 aromatic carbocycles. The third-order valence-electron chi connectivity index (χ3n) is 2.94. The van der Waals surface area contributed by atoms with Crippen molar-refractivity contribution in [2.45, 2.75) is 35.6 Å². The molecule has 98 valence electrons. The zero-order valence-corrected chi connectivity index (χ0v) is 11.8. The lowest BCUT2D eigenvalue weighted by molar-refractivity contribution is 0.0692. The molecule has 5 nitrogen and oxygen atoms in total. The van der Waals surface area contributed by atoms with E-state index >= 15 is 0 Å². The Kier molecular flexibility index (Phi) is 3.24. The number of rotatable bonds is 3. The highest BCUT2D eigenvalue weighted by Crippen LogP contribution is 2.33. The number of hydrogen-bond donors (Lipinski definition) is 1. The van der Waals surface area contributed by atoms with Crippen LogP contribution in [-0.4, -0.2) is 25.4 Å². The molecule has 2 aromatic heterocycles. The zero-order chi connectivity index (χ0) is 13.4. The Morgan fingerprint density at radius 2 is 2.26 bits per heavy atom. The van der Waals surface area contributed by atoms with Gasteiger partial charge in [-0.25, -0.2) is 14.8 Å². The van der Waals surface area contributed by atoms with E-state index in [0.717, 1.165) is 34.9 Å². The molecule has 0 bridgehead atoms. The van der Waals surface area contributed by atoms with Crippen LogP contribution in [0.15, 0.2) is 15.4 Å². The highest BCUT2D eigenvalue weighted by atomic mass is 32.2. The van der Waals surface area contributed by atoms with Gasteiger partial charge in [0.25, 0.3) is 0 Å². The fraction of sp³-hybridized carbons (Fsp3) is 0.333. The van der Waals surface area contributed by atoms with Crippen LogP contribution in [0.2, 0.25) is 0 Å². The van der Waals surface area contributed by atoms with E-state index in [4.69, 9.17) is 0 Å². The zero-order valence-electron chi connectivity index (χ0n) is 10.2. The Morgan fingerprint density at radius 3 is 2.95 bits per heavy atom. The van der Waals surface area contributed by atoms with Crippen molar-refractivity contribution in [2.75, 3.05) is 0 Å². The molecule has 19 heavy (non-hydrogen) atoms. The molecule has 1 N–H and O–H groups in total. The monoisotopic (exact) mass is 293 g/mol. The number of pyridine rings is 1. The molecule has 0 aliphatic heterocycles. The first-order valence-electron chi connectivity index (χ1n) is 5.88. The largest absolute Gasteiger partial charge is 0.478 e. The minimum Gasteiger partial charge on any atom is -0.478 e. The van der Waals surface area contributed by atoms with E-state index in [1.54, 1.807) is 6.07 Å². The van der Waals surface area contributed by atoms with Gasteiger partial charge in [-0.15, -0.1) is 0 Å². The molecule has 1 aliphatic rings. The summed E-state index contributed by atoms with van der Waals surface area (Å²) in [5.74, 6) is -0.239. The van der Waals surface area contributed by atoms with Crippen LogP contribution in [-0.2, 0) is 12.8 Å². The minimum absolute atomic E-state index is 0.263. The van der Waals surface area contributed by atoms with E-state index in [-0.39, 0.29) is 5.56 Å². The third-order valence-corrected chi connectivity index (χ3v) is 4.79. The lowest BCUT2D eigenvalue weighted by atomic mass is 10.1. The molecular weight excluding hydrogens is 282 g/mol. The summed E-state index contributed by atoms with van der Waals surface area (Å²) in [6.45, 7) is 1.81. The van der Waals surface area contributed by atoms with E-state index in [0.29, 0.717) is 10.9 Å². The van der Waals surface area contributed by atoms with Gasteiger partial charge in [0, 0.05) is 5.69 Å². The number of hydrogen-bond acceptors (Lipinski definition) is 6. The van der Waals surface area contributed by atoms with E-state index in [2.05, 4.69) is 14.3 Å². The fourth-order valence-electron chi connectivity index (χ4n) is 2.09. The van der Waals surface area contributed by atoms with E-state index < -0.39 is 5.97 Å². The number of carboxylic acids is 1. The molecule has 0 saturated carbocycles. The molecule has 1 aliphatic carbocycles. The number of carboxylic acid groups (broad SMARTS) is 1. The number of aromatic nitrogens is 3. The van der Waals surface area contributed by atoms with Gasteiger partial charge in [0.2, 0.25) is 0 Å². The van der Waals surface area contributed by atoms with Gasteiger partial charge in [0.1, 0.15) is 10.9 Å². The quantitative estimate of drug-likeness (QED) is 0.937. The molecule has 2 heterocycles. The van der Waals surface area contributed by atoms with Crippen LogP contribution in [0.4, 0.5) is 0 Å². The van der Waals surface area contributed by atoms with Crippen LogP contribution < -0.4 is 0 Å². The van der Waals surface area contributed by atoms with E-state index in [9.17, 15) is 9.90 Å². The average molecular weight is 293 g/mol. The van der Waals surface area contributed by atoms with Gasteiger partial charge >= 0.3 is 5.97 Å². The van der Waals surface area contributed by atoms with Crippen LogP contribution in [0.5, 0.6) is 0 Å². The summed E-state index contributed by atoms with van der Waals surface area (Å²) in [4.78, 5) is 20.1. The summed E-state index contributed by atoms with van der Waals surface area (Å²) < 4.78 is 4.82. The van der Waals surface area contributed by atoms with Crippen LogP contribution in [0.1, 0.15) is 33.9 Å². The SMILES string of the molecule is Cc1nsc(Sc2nc3c(cc2C(=O)O)CCC3)n1. The fourth-order valence-corrected chi connectivity index (χ4v) is 3.76. The van der Waals surface area contributed by atoms with Crippen molar-refractivity contribution in [2.24, 2.45) is 0 Å². The van der Waals surface area contributed by atoms with E-state index in [1.165, 1.54) is 23.3 Å². The van der Waals surface area contributed by atoms with Crippen LogP contribution >= 0.6 is 23.3 Å². The first kappa shape index (κ1) is 12.6. The standard InChI is InChI=1S/C12H11N3O2S2/c1-6-13-12(19-15-6)18-10-8(11(16)17)5-7-3-2-4-9(7)14-10/h5H,2-4H2,1H3,(H,16,17). The highest BCUT2D eigenvalue weighted by molar-refractivity contribution is 8.01. The lowest BCUT2D eigenvalue weighted by Gasteiger charge is -2.06. The predicted octanol–water partition coefficient (Wildman–Crippen LogP) is 2.58. The summed E-state index contributed by atoms with van der Waals surface area (Å²) in [6, 6.07) is 1.76. The Balaban J connectivity index is 2.01. The highest BCUT2D eigenvalue weighted by Gasteiger charge is 2.21. The minimum atomic E-state index is -0.939. The number of fused-ring (bicyclic) bond motifs is 1. The second-order valence-electron chi connectivity index (χ2n) is 4.32. The summed E-state index contributed by atoms with van der Waals surface area (Å²) in [5.41, 5.74) is 2.35. The van der Waals surface area contributed by atoms with Crippen LogP contribution in [0, 0.1) is 6.92 Å². The Morgan fingerprint density at radius 1 is 1.42 bits per heavy atom. The summed E-state index contributed by atoms with van der Waals surface area (Å²) in [5, 5.41) is 9.81. The number of aromatic carboxylic acids is 1. The molecule has 0 atom stereocenters. The molecule has 0 spiro atoms. The van der Waals surface area contributed by atoms with Gasteiger partial charge in [-0.2, -0.15) is 4.37 Å². The van der Waals surface area contributed by atoms with Gasteiger partial charge < -0.3 is 5.11 Å². The molecule has 0 saturated heterocycles. The molecule has 2 aromatic rings. The van der Waals surface area contributed by atoms with Gasteiger partial charge in [0.15, 0.2) is 4.34 Å². The van der Waals surface area contributed by atoms with Crippen molar-refractivity contribution in [1.29, 1.82) is 0 Å². The van der Waals surface area contributed by atoms with Crippen molar-refractivity contribution in [3.63, 3.8) is 0 Å². The number of aryl methyl sites for hydroxylation is 3. The molecular formula is C12H11N3O2S2. The van der Waals surface area contributed by atoms with E-state index in [1.807, 2.05) is 6.92 Å². The molecule has 0 fully saturated rings. The Bertz CT molecular complexity index is 654. The first-order chi connectivity index (χ1) is 9.13. The second kappa shape index (κ2) is 4.90. The summed E-state index contributed by atoms with van der Waals surface area (Å²) >= 11 is 2.55. The van der Waals surface area contributed by atoms with Crippen LogP contribution in [0.25, 0.3) is 0 Å². The van der Waals surface area contributed by atoms with Crippen LogP contribution in [0.3, 0.4) is 0 Å². The molecule has 0 unspecified atom stereocenters. The summed E-state index contributed by atoms with van der Waals surface area (Å²) in [6.07, 6.45) is 2.90. The maximum atomic E-state index is 11.3. The topological polar surface area (TPSA) is 76.0 Å². The van der Waals surface area contributed by atoms with Gasteiger partial charge in [-0.05, 0) is 61.1 Å². The smallest absolute Gasteiger partial charge is 0.338 e. The van der Waals surface area contributed by atoms with Gasteiger partial charge in [0.05, 0.1) is 5.56 Å². The van der Waals surface area contributed by atoms with Crippen molar-refractivity contribution in [3.05, 3.63) is 28.7 Å². The van der Waals surface area contributed by atoms with Gasteiger partial charge in [-0.1, -0.05) is 0 Å². The lowest BCUT2D eigenvalue weighted by Crippen LogP contribution is -2.04. The van der Waals surface area contributed by atoms with Crippen molar-refractivity contribution in [1.82, 2.24) is 14.3 Å². The molecule has 0 radical (unpaired) electrons. The normalized spacial score (nSPS) is 13.5. The second-order valence-corrected chi connectivity index (χ2v) is 6.30. The average Bonchev–Trinajstić information content (AvgIpc) is 2.96. The Labute approximate surface area is 118 Å². The first-order valence-corrected chi connectivity index (χ1v) is 7.47. The third kappa shape index (κ3) is 2.48. The molecule has 0 amide bonds. The maximum absolute atomic E-state index is 11.3.